The van der Waals surface area contributed by atoms with Gasteiger partial charge >= 0.3 is 11.9 Å². The van der Waals surface area contributed by atoms with Gasteiger partial charge in [-0.3, -0.25) is 0 Å². The smallest absolute Gasteiger partial charge is 0.337 e. The zero-order valence-corrected chi connectivity index (χ0v) is 14.6. The molecule has 0 aliphatic heterocycles. The molecule has 0 amide bonds. The standard InChI is InChI=1S/C24H14O4/c25-23(26)19-12-13-21-18(14-19)11-10-17(22(21)24(27)28)9-8-16-6-3-5-15-4-1-2-7-20(15)16/h1-7,10-14H,(H,25,26)(H,27,28). The average Bonchev–Trinajstić information content (AvgIpc) is 2.71. The van der Waals surface area contributed by atoms with E-state index in [1.54, 1.807) is 12.1 Å². The predicted octanol–water partition coefficient (Wildman–Crippen LogP) is 4.79. The van der Waals surface area contributed by atoms with Crippen LogP contribution in [0.4, 0.5) is 0 Å². The Bertz CT molecular complexity index is 1320. The molecule has 0 aliphatic carbocycles. The minimum Gasteiger partial charge on any atom is -0.478 e. The van der Waals surface area contributed by atoms with Crippen LogP contribution in [-0.4, -0.2) is 22.2 Å². The van der Waals surface area contributed by atoms with Crippen molar-refractivity contribution < 1.29 is 19.8 Å². The van der Waals surface area contributed by atoms with Gasteiger partial charge in [-0.05, 0) is 45.8 Å². The fraction of sp³-hybridized carbons (Fsp3) is 0. The lowest BCUT2D eigenvalue weighted by atomic mass is 9.97. The lowest BCUT2D eigenvalue weighted by Crippen LogP contribution is -2.03. The molecule has 0 spiro atoms. The molecule has 4 rings (SSSR count). The van der Waals surface area contributed by atoms with E-state index in [9.17, 15) is 14.7 Å². The summed E-state index contributed by atoms with van der Waals surface area (Å²) in [7, 11) is 0. The van der Waals surface area contributed by atoms with Gasteiger partial charge in [0.25, 0.3) is 0 Å². The summed E-state index contributed by atoms with van der Waals surface area (Å²) in [6.45, 7) is 0. The summed E-state index contributed by atoms with van der Waals surface area (Å²) in [4.78, 5) is 23.1. The average molecular weight is 366 g/mol. The summed E-state index contributed by atoms with van der Waals surface area (Å²) in [6.07, 6.45) is 0. The van der Waals surface area contributed by atoms with Crippen LogP contribution in [0.25, 0.3) is 21.5 Å². The van der Waals surface area contributed by atoms with E-state index < -0.39 is 11.9 Å². The minimum atomic E-state index is -1.10. The number of hydrogen-bond donors (Lipinski definition) is 2. The third-order valence-corrected chi connectivity index (χ3v) is 4.60. The van der Waals surface area contributed by atoms with Crippen LogP contribution < -0.4 is 0 Å². The number of fused-ring (bicyclic) bond motifs is 2. The van der Waals surface area contributed by atoms with Gasteiger partial charge in [-0.1, -0.05) is 60.4 Å². The van der Waals surface area contributed by atoms with Crippen molar-refractivity contribution in [2.24, 2.45) is 0 Å². The first-order chi connectivity index (χ1) is 13.5. The van der Waals surface area contributed by atoms with E-state index >= 15 is 0 Å². The molecule has 0 aromatic heterocycles. The second kappa shape index (κ2) is 6.90. The molecule has 134 valence electrons. The van der Waals surface area contributed by atoms with Gasteiger partial charge in [0.05, 0.1) is 11.1 Å². The normalized spacial score (nSPS) is 10.4. The zero-order valence-electron chi connectivity index (χ0n) is 14.6. The van der Waals surface area contributed by atoms with Gasteiger partial charge in [-0.2, -0.15) is 0 Å². The van der Waals surface area contributed by atoms with E-state index in [4.69, 9.17) is 5.11 Å². The molecule has 4 aromatic rings. The highest BCUT2D eigenvalue weighted by Gasteiger charge is 2.15. The van der Waals surface area contributed by atoms with Crippen molar-refractivity contribution in [1.82, 2.24) is 0 Å². The quantitative estimate of drug-likeness (QED) is 0.500. The number of carbonyl (C=O) groups is 2. The summed E-state index contributed by atoms with van der Waals surface area (Å²) in [6, 6.07) is 21.4. The molecular formula is C24H14O4. The summed E-state index contributed by atoms with van der Waals surface area (Å²) >= 11 is 0. The Labute approximate surface area is 160 Å². The number of carboxylic acids is 2. The van der Waals surface area contributed by atoms with Crippen molar-refractivity contribution in [2.45, 2.75) is 0 Å². The molecule has 0 heterocycles. The molecule has 4 nitrogen and oxygen atoms in total. The highest BCUT2D eigenvalue weighted by Crippen LogP contribution is 2.24. The lowest BCUT2D eigenvalue weighted by Gasteiger charge is -2.06. The van der Waals surface area contributed by atoms with E-state index in [-0.39, 0.29) is 11.1 Å². The Morgan fingerprint density at radius 3 is 2.18 bits per heavy atom. The van der Waals surface area contributed by atoms with Crippen LogP contribution in [-0.2, 0) is 0 Å². The molecule has 0 atom stereocenters. The molecule has 0 aliphatic rings. The molecule has 2 N–H and O–H groups in total. The lowest BCUT2D eigenvalue weighted by molar-refractivity contribution is 0.0688. The monoisotopic (exact) mass is 366 g/mol. The van der Waals surface area contributed by atoms with Gasteiger partial charge in [0.1, 0.15) is 0 Å². The number of benzene rings is 4. The highest BCUT2D eigenvalue weighted by atomic mass is 16.4. The number of aromatic carboxylic acids is 2. The van der Waals surface area contributed by atoms with E-state index in [0.717, 1.165) is 16.3 Å². The highest BCUT2D eigenvalue weighted by molar-refractivity contribution is 6.07. The predicted molar refractivity (Wildman–Crippen MR) is 108 cm³/mol. The SMILES string of the molecule is O=C(O)c1ccc2c(C(=O)O)c(C#Cc3cccc4ccccc34)ccc2c1. The van der Waals surface area contributed by atoms with Gasteiger partial charge < -0.3 is 10.2 Å². The van der Waals surface area contributed by atoms with E-state index in [2.05, 4.69) is 11.8 Å². The summed E-state index contributed by atoms with van der Waals surface area (Å²) in [5, 5.41) is 21.9. The van der Waals surface area contributed by atoms with Crippen molar-refractivity contribution >= 4 is 33.5 Å². The van der Waals surface area contributed by atoms with Crippen molar-refractivity contribution in [3.05, 3.63) is 95.1 Å². The zero-order chi connectivity index (χ0) is 19.7. The molecule has 0 unspecified atom stereocenters. The summed E-state index contributed by atoms with van der Waals surface area (Å²) < 4.78 is 0. The maximum absolute atomic E-state index is 11.9. The van der Waals surface area contributed by atoms with Gasteiger partial charge in [0, 0.05) is 11.1 Å². The maximum Gasteiger partial charge on any atom is 0.337 e. The fourth-order valence-corrected chi connectivity index (χ4v) is 3.27. The number of rotatable bonds is 2. The second-order valence-electron chi connectivity index (χ2n) is 6.31. The second-order valence-corrected chi connectivity index (χ2v) is 6.31. The Morgan fingerprint density at radius 2 is 1.39 bits per heavy atom. The van der Waals surface area contributed by atoms with Gasteiger partial charge in [0.2, 0.25) is 0 Å². The molecular weight excluding hydrogens is 352 g/mol. The van der Waals surface area contributed by atoms with Crippen LogP contribution in [0.1, 0.15) is 31.8 Å². The molecule has 0 saturated carbocycles. The Kier molecular flexibility index (Phi) is 4.27. The van der Waals surface area contributed by atoms with E-state index in [1.165, 1.54) is 18.2 Å². The van der Waals surface area contributed by atoms with Crippen molar-refractivity contribution in [3.8, 4) is 11.8 Å². The van der Waals surface area contributed by atoms with Gasteiger partial charge in [-0.15, -0.1) is 0 Å². The first-order valence-electron chi connectivity index (χ1n) is 8.58. The van der Waals surface area contributed by atoms with E-state index in [1.807, 2.05) is 42.5 Å². The van der Waals surface area contributed by atoms with Crippen LogP contribution in [0, 0.1) is 11.8 Å². The van der Waals surface area contributed by atoms with Gasteiger partial charge in [0.15, 0.2) is 0 Å². The third kappa shape index (κ3) is 3.06. The van der Waals surface area contributed by atoms with Crippen LogP contribution in [0.2, 0.25) is 0 Å². The summed E-state index contributed by atoms with van der Waals surface area (Å²) in [5.74, 6) is 3.91. The van der Waals surface area contributed by atoms with Crippen LogP contribution in [0.3, 0.4) is 0 Å². The first kappa shape index (κ1) is 17.3. The molecule has 0 radical (unpaired) electrons. The van der Waals surface area contributed by atoms with Crippen molar-refractivity contribution in [1.29, 1.82) is 0 Å². The Hall–Kier alpha value is -4.10. The molecule has 4 aromatic carbocycles. The van der Waals surface area contributed by atoms with E-state index in [0.29, 0.717) is 16.3 Å². The molecule has 28 heavy (non-hydrogen) atoms. The molecule has 0 bridgehead atoms. The fourth-order valence-electron chi connectivity index (χ4n) is 3.27. The minimum absolute atomic E-state index is 0.0715. The van der Waals surface area contributed by atoms with Crippen molar-refractivity contribution in [3.63, 3.8) is 0 Å². The maximum atomic E-state index is 11.9. The van der Waals surface area contributed by atoms with Crippen LogP contribution in [0.15, 0.2) is 72.8 Å². The molecule has 0 fully saturated rings. The number of hydrogen-bond acceptors (Lipinski definition) is 2. The first-order valence-corrected chi connectivity index (χ1v) is 8.58. The van der Waals surface area contributed by atoms with Crippen molar-refractivity contribution in [2.75, 3.05) is 0 Å². The largest absolute Gasteiger partial charge is 0.478 e. The topological polar surface area (TPSA) is 74.6 Å². The summed E-state index contributed by atoms with van der Waals surface area (Å²) in [5.41, 5.74) is 1.38. The Morgan fingerprint density at radius 1 is 0.643 bits per heavy atom. The molecule has 0 saturated heterocycles. The van der Waals surface area contributed by atoms with Crippen LogP contribution >= 0.6 is 0 Å². The van der Waals surface area contributed by atoms with Gasteiger partial charge in [-0.25, -0.2) is 9.59 Å². The molecule has 4 heteroatoms. The third-order valence-electron chi connectivity index (χ3n) is 4.60. The van der Waals surface area contributed by atoms with Crippen LogP contribution in [0.5, 0.6) is 0 Å². The Balaban J connectivity index is 1.89. The number of carboxylic acid groups (broad SMARTS) is 2.